The number of benzene rings is 1. The number of hydrogen-bond donors (Lipinski definition) is 1. The Balaban J connectivity index is 2.15. The molecule has 1 aliphatic rings. The van der Waals surface area contributed by atoms with E-state index in [1.54, 1.807) is 18.2 Å². The summed E-state index contributed by atoms with van der Waals surface area (Å²) in [7, 11) is 0. The van der Waals surface area contributed by atoms with Gasteiger partial charge in [-0.2, -0.15) is 0 Å². The Hall–Kier alpha value is -1.43. The number of aliphatic carboxylic acids is 1. The second-order valence-electron chi connectivity index (χ2n) is 3.43. The van der Waals surface area contributed by atoms with Gasteiger partial charge in [-0.05, 0) is 18.2 Å². The molecule has 0 amide bonds. The number of alkyl halides is 1. The Kier molecular flexibility index (Phi) is 3.73. The third-order valence-corrected chi connectivity index (χ3v) is 3.09. The molecule has 0 aromatic heterocycles. The fraction of sp³-hybridized carbons (Fsp3) is 0.364. The van der Waals surface area contributed by atoms with Crippen molar-refractivity contribution in [3.05, 3.63) is 18.2 Å². The number of halogens is 1. The van der Waals surface area contributed by atoms with Crippen LogP contribution in [0.1, 0.15) is 6.42 Å². The summed E-state index contributed by atoms with van der Waals surface area (Å²) < 4.78 is 23.8. The number of carbonyl (C=O) groups is 1. The van der Waals surface area contributed by atoms with Crippen molar-refractivity contribution in [2.75, 3.05) is 13.2 Å². The van der Waals surface area contributed by atoms with Gasteiger partial charge in [-0.25, -0.2) is 9.18 Å². The molecule has 1 aromatic rings. The van der Waals surface area contributed by atoms with Gasteiger partial charge in [0.15, 0.2) is 11.5 Å². The van der Waals surface area contributed by atoms with E-state index in [0.29, 0.717) is 41.4 Å². The van der Waals surface area contributed by atoms with Gasteiger partial charge in [0.2, 0.25) is 5.50 Å². The average molecular weight is 258 g/mol. The number of ether oxygens (including phenoxy) is 2. The summed E-state index contributed by atoms with van der Waals surface area (Å²) in [6.45, 7) is 1.12. The van der Waals surface area contributed by atoms with Gasteiger partial charge in [0, 0.05) is 11.3 Å². The molecule has 4 nitrogen and oxygen atoms in total. The Morgan fingerprint density at radius 1 is 1.35 bits per heavy atom. The van der Waals surface area contributed by atoms with E-state index in [2.05, 4.69) is 0 Å². The largest absolute Gasteiger partial charge is 0.490 e. The van der Waals surface area contributed by atoms with Crippen molar-refractivity contribution < 1.29 is 23.8 Å². The molecular weight excluding hydrogens is 247 g/mol. The molecule has 0 aliphatic carbocycles. The summed E-state index contributed by atoms with van der Waals surface area (Å²) in [5.74, 6) is -0.343. The molecule has 17 heavy (non-hydrogen) atoms. The Morgan fingerprint density at radius 2 is 2.06 bits per heavy atom. The highest BCUT2D eigenvalue weighted by molar-refractivity contribution is 8.00. The second kappa shape index (κ2) is 5.27. The molecular formula is C11H11FO4S. The lowest BCUT2D eigenvalue weighted by molar-refractivity contribution is -0.139. The SMILES string of the molecule is O=C(O)C(F)Sc1ccc2c(c1)OCCCO2. The summed E-state index contributed by atoms with van der Waals surface area (Å²) in [6, 6.07) is 4.88. The molecule has 1 N–H and O–H groups in total. The zero-order chi connectivity index (χ0) is 12.3. The van der Waals surface area contributed by atoms with Crippen LogP contribution in [0.5, 0.6) is 11.5 Å². The third-order valence-electron chi connectivity index (χ3n) is 2.15. The minimum Gasteiger partial charge on any atom is -0.490 e. The minimum atomic E-state index is -1.97. The van der Waals surface area contributed by atoms with Crippen LogP contribution in [0.2, 0.25) is 0 Å². The zero-order valence-corrected chi connectivity index (χ0v) is 9.71. The fourth-order valence-corrected chi connectivity index (χ4v) is 2.05. The Morgan fingerprint density at radius 3 is 2.76 bits per heavy atom. The zero-order valence-electron chi connectivity index (χ0n) is 8.89. The van der Waals surface area contributed by atoms with Crippen molar-refractivity contribution in [1.82, 2.24) is 0 Å². The van der Waals surface area contributed by atoms with E-state index >= 15 is 0 Å². The summed E-state index contributed by atoms with van der Waals surface area (Å²) in [5.41, 5.74) is -1.97. The first kappa shape index (κ1) is 12.0. The highest BCUT2D eigenvalue weighted by Crippen LogP contribution is 2.35. The molecule has 0 spiro atoms. The topological polar surface area (TPSA) is 55.8 Å². The first-order chi connectivity index (χ1) is 8.16. The average Bonchev–Trinajstić information content (AvgIpc) is 2.53. The van der Waals surface area contributed by atoms with Gasteiger partial charge in [-0.1, -0.05) is 11.8 Å². The minimum absolute atomic E-state index is 0.504. The summed E-state index contributed by atoms with van der Waals surface area (Å²) in [5, 5.41) is 8.47. The van der Waals surface area contributed by atoms with Crippen LogP contribution in [-0.2, 0) is 4.79 Å². The summed E-state index contributed by atoms with van der Waals surface area (Å²) >= 11 is 0.630. The summed E-state index contributed by atoms with van der Waals surface area (Å²) in [4.78, 5) is 10.9. The normalized spacial score (nSPS) is 16.1. The van der Waals surface area contributed by atoms with Crippen LogP contribution in [0.25, 0.3) is 0 Å². The maximum Gasteiger partial charge on any atom is 0.349 e. The van der Waals surface area contributed by atoms with Crippen molar-refractivity contribution in [3.63, 3.8) is 0 Å². The van der Waals surface area contributed by atoms with E-state index in [4.69, 9.17) is 14.6 Å². The molecule has 1 atom stereocenters. The molecule has 1 aromatic carbocycles. The highest BCUT2D eigenvalue weighted by Gasteiger charge is 2.18. The Labute approximate surface area is 102 Å². The number of fused-ring (bicyclic) bond motifs is 1. The van der Waals surface area contributed by atoms with Gasteiger partial charge in [0.05, 0.1) is 13.2 Å². The lowest BCUT2D eigenvalue weighted by Gasteiger charge is -2.09. The van der Waals surface area contributed by atoms with Crippen LogP contribution in [0.4, 0.5) is 4.39 Å². The fourth-order valence-electron chi connectivity index (χ4n) is 1.39. The van der Waals surface area contributed by atoms with Crippen molar-refractivity contribution in [2.45, 2.75) is 16.8 Å². The van der Waals surface area contributed by atoms with Gasteiger partial charge in [-0.3, -0.25) is 0 Å². The molecule has 1 heterocycles. The van der Waals surface area contributed by atoms with Gasteiger partial charge < -0.3 is 14.6 Å². The monoisotopic (exact) mass is 258 g/mol. The van der Waals surface area contributed by atoms with Crippen LogP contribution >= 0.6 is 11.8 Å². The third kappa shape index (κ3) is 3.03. The molecule has 0 bridgehead atoms. The first-order valence-corrected chi connectivity index (χ1v) is 5.98. The van der Waals surface area contributed by atoms with Crippen LogP contribution in [-0.4, -0.2) is 29.8 Å². The number of hydrogen-bond acceptors (Lipinski definition) is 4. The quantitative estimate of drug-likeness (QED) is 0.843. The molecule has 6 heteroatoms. The standard InChI is InChI=1S/C11H11FO4S/c12-10(11(13)14)17-7-2-3-8-9(6-7)16-5-1-4-15-8/h2-3,6,10H,1,4-5H2,(H,13,14). The van der Waals surface area contributed by atoms with E-state index in [0.717, 1.165) is 6.42 Å². The molecule has 0 saturated heterocycles. The van der Waals surface area contributed by atoms with Gasteiger partial charge in [0.25, 0.3) is 0 Å². The lowest BCUT2D eigenvalue weighted by Crippen LogP contribution is -2.09. The number of carboxylic acid groups (broad SMARTS) is 1. The van der Waals surface area contributed by atoms with Crippen molar-refractivity contribution in [2.24, 2.45) is 0 Å². The van der Waals surface area contributed by atoms with Crippen LogP contribution in [0.15, 0.2) is 23.1 Å². The number of carboxylic acids is 1. The molecule has 0 fully saturated rings. The lowest BCUT2D eigenvalue weighted by atomic mass is 10.3. The van der Waals surface area contributed by atoms with Crippen LogP contribution in [0.3, 0.4) is 0 Å². The maximum atomic E-state index is 13.0. The summed E-state index contributed by atoms with van der Waals surface area (Å²) in [6.07, 6.45) is 0.790. The molecule has 0 radical (unpaired) electrons. The first-order valence-electron chi connectivity index (χ1n) is 5.10. The smallest absolute Gasteiger partial charge is 0.349 e. The van der Waals surface area contributed by atoms with E-state index in [9.17, 15) is 9.18 Å². The second-order valence-corrected chi connectivity index (χ2v) is 4.55. The van der Waals surface area contributed by atoms with Crippen LogP contribution < -0.4 is 9.47 Å². The van der Waals surface area contributed by atoms with Crippen molar-refractivity contribution in [3.8, 4) is 11.5 Å². The van der Waals surface area contributed by atoms with Crippen molar-refractivity contribution in [1.29, 1.82) is 0 Å². The van der Waals surface area contributed by atoms with Crippen LogP contribution in [0, 0.1) is 0 Å². The molecule has 1 aliphatic heterocycles. The van der Waals surface area contributed by atoms with Gasteiger partial charge in [0.1, 0.15) is 0 Å². The molecule has 92 valence electrons. The predicted octanol–water partition coefficient (Wildman–Crippen LogP) is 2.32. The predicted molar refractivity (Wildman–Crippen MR) is 60.4 cm³/mol. The van der Waals surface area contributed by atoms with Gasteiger partial charge >= 0.3 is 5.97 Å². The van der Waals surface area contributed by atoms with E-state index < -0.39 is 11.5 Å². The molecule has 1 unspecified atom stereocenters. The highest BCUT2D eigenvalue weighted by atomic mass is 32.2. The molecule has 2 rings (SSSR count). The van der Waals surface area contributed by atoms with E-state index in [1.165, 1.54) is 0 Å². The van der Waals surface area contributed by atoms with Crippen molar-refractivity contribution >= 4 is 17.7 Å². The number of rotatable bonds is 3. The number of thioether (sulfide) groups is 1. The maximum absolute atomic E-state index is 13.0. The molecule has 0 saturated carbocycles. The Bertz CT molecular complexity index is 424. The van der Waals surface area contributed by atoms with E-state index in [-0.39, 0.29) is 0 Å². The van der Waals surface area contributed by atoms with E-state index in [1.807, 2.05) is 0 Å². The van der Waals surface area contributed by atoms with Gasteiger partial charge in [-0.15, -0.1) is 0 Å².